The zero-order valence-electron chi connectivity index (χ0n) is 40.4. The van der Waals surface area contributed by atoms with Gasteiger partial charge in [-0.25, -0.2) is 4.79 Å². The number of carbonyl (C=O) groups excluding carboxylic acids is 3. The SMILES string of the molecule is CCCN1/C(=C/C=C(/C=C/C2=[N+](CCCS(=O)(=O)O)c3ccc4cc(S(=O)(=O)O)ccc4c3C2(C)CCOC)c2ccc(C(=O)ON3C(=O)CCC3=O)cc2)C(C)(CCOC)c2c1ccc1ccccc21. The summed E-state index contributed by atoms with van der Waals surface area (Å²) < 4.78 is 81.9. The summed E-state index contributed by atoms with van der Waals surface area (Å²) in [6, 6.07) is 27.4. The number of allylic oxidation sites excluding steroid dienone is 6. The van der Waals surface area contributed by atoms with E-state index in [9.17, 15) is 40.3 Å². The van der Waals surface area contributed by atoms with Crippen LogP contribution in [0.4, 0.5) is 11.4 Å². The van der Waals surface area contributed by atoms with Crippen LogP contribution in [-0.4, -0.2) is 105 Å². The molecule has 0 saturated carbocycles. The van der Waals surface area contributed by atoms with Crippen molar-refractivity contribution < 1.29 is 59.2 Å². The molecule has 1 saturated heterocycles. The number of hydrogen-bond donors (Lipinski definition) is 2. The zero-order valence-corrected chi connectivity index (χ0v) is 42.0. The van der Waals surface area contributed by atoms with Crippen LogP contribution in [0.25, 0.3) is 27.1 Å². The number of hydrogen-bond acceptors (Lipinski definition) is 11. The molecule has 5 aromatic rings. The topological polar surface area (TPSA) is 197 Å². The molecule has 3 aliphatic rings. The zero-order chi connectivity index (χ0) is 50.9. The number of nitrogens with zero attached hydrogens (tertiary/aromatic N) is 3. The van der Waals surface area contributed by atoms with Crippen molar-refractivity contribution in [3.05, 3.63) is 143 Å². The van der Waals surface area contributed by atoms with Crippen LogP contribution in [0.2, 0.25) is 0 Å². The molecule has 71 heavy (non-hydrogen) atoms. The van der Waals surface area contributed by atoms with Crippen molar-refractivity contribution >= 4 is 82.2 Å². The van der Waals surface area contributed by atoms with Gasteiger partial charge >= 0.3 is 5.97 Å². The van der Waals surface area contributed by atoms with Crippen molar-refractivity contribution in [2.45, 2.75) is 75.0 Å². The third-order valence-electron chi connectivity index (χ3n) is 13.9. The largest absolute Gasteiger partial charge is 0.385 e. The minimum absolute atomic E-state index is 0.0414. The van der Waals surface area contributed by atoms with Crippen molar-refractivity contribution in [2.75, 3.05) is 51.2 Å². The number of benzene rings is 5. The maximum Gasteiger partial charge on any atom is 0.363 e. The van der Waals surface area contributed by atoms with Gasteiger partial charge in [-0.1, -0.05) is 61.5 Å². The van der Waals surface area contributed by atoms with Crippen LogP contribution in [0, 0.1) is 0 Å². The summed E-state index contributed by atoms with van der Waals surface area (Å²) in [6.07, 6.45) is 10.1. The van der Waals surface area contributed by atoms with E-state index in [1.54, 1.807) is 50.6 Å². The molecule has 2 N–H and O–H groups in total. The Morgan fingerprint density at radius 3 is 2.10 bits per heavy atom. The van der Waals surface area contributed by atoms with Gasteiger partial charge in [0.25, 0.3) is 32.1 Å². The fraction of sp³-hybridized carbons (Fsp3) is 0.333. The molecular formula is C54H58N3O12S2+. The maximum atomic E-state index is 13.3. The van der Waals surface area contributed by atoms with Crippen molar-refractivity contribution in [1.29, 1.82) is 0 Å². The lowest BCUT2D eigenvalue weighted by molar-refractivity contribution is -0.437. The lowest BCUT2D eigenvalue weighted by atomic mass is 9.74. The molecule has 3 heterocycles. The van der Waals surface area contributed by atoms with E-state index in [1.807, 2.05) is 34.9 Å². The highest BCUT2D eigenvalue weighted by Gasteiger charge is 2.49. The van der Waals surface area contributed by atoms with Crippen molar-refractivity contribution in [3.63, 3.8) is 0 Å². The molecule has 0 spiro atoms. The minimum atomic E-state index is -4.52. The van der Waals surface area contributed by atoms with Crippen molar-refractivity contribution in [2.24, 2.45) is 0 Å². The molecule has 0 aromatic heterocycles. The molecule has 1 fully saturated rings. The lowest BCUT2D eigenvalue weighted by Gasteiger charge is -2.30. The standard InChI is InChI=1S/C54H57N3O12S2/c1-6-30-55-44-22-16-38-10-7-8-11-42(38)50(44)53(2,28-32-67-4)46(55)24-18-37(36-12-14-39(15-13-36)52(60)69-57-48(58)26-27-49(57)59)19-25-47-54(3,29-33-68-5)51-43-21-20-41(71(64,65)66)35-40(43)17-23-45(51)56(47)31-9-34-70(61,62)63/h7-8,10-25,35H,6,9,26-34H2,1-5H3,(H-,61,62,63,64,65,66)/p+1. The van der Waals surface area contributed by atoms with Crippen LogP contribution >= 0.6 is 0 Å². The predicted molar refractivity (Wildman–Crippen MR) is 272 cm³/mol. The number of methoxy groups -OCH3 is 2. The number of fused-ring (bicyclic) bond motifs is 6. The van der Waals surface area contributed by atoms with Crippen LogP contribution in [0.3, 0.4) is 0 Å². The summed E-state index contributed by atoms with van der Waals surface area (Å²) in [7, 11) is -5.54. The summed E-state index contributed by atoms with van der Waals surface area (Å²) in [5, 5.41) is 4.07. The Morgan fingerprint density at radius 2 is 1.44 bits per heavy atom. The number of anilines is 1. The summed E-state index contributed by atoms with van der Waals surface area (Å²) in [4.78, 5) is 45.2. The number of hydroxylamine groups is 2. The Hall–Kier alpha value is -6.34. The number of amides is 2. The Morgan fingerprint density at radius 1 is 0.789 bits per heavy atom. The molecule has 0 bridgehead atoms. The maximum absolute atomic E-state index is 13.3. The molecule has 2 unspecified atom stereocenters. The average molecular weight is 1010 g/mol. The van der Waals surface area contributed by atoms with Crippen molar-refractivity contribution in [1.82, 2.24) is 5.06 Å². The second-order valence-electron chi connectivity index (χ2n) is 18.5. The normalized spacial score (nSPS) is 20.1. The molecule has 15 nitrogen and oxygen atoms in total. The highest BCUT2D eigenvalue weighted by Crippen LogP contribution is 2.53. The van der Waals surface area contributed by atoms with Crippen LogP contribution in [0.5, 0.6) is 0 Å². The van der Waals surface area contributed by atoms with E-state index in [-0.39, 0.29) is 36.3 Å². The van der Waals surface area contributed by atoms with Gasteiger partial charge in [0.2, 0.25) is 5.69 Å². The van der Waals surface area contributed by atoms with Crippen molar-refractivity contribution in [3.8, 4) is 0 Å². The molecule has 0 aliphatic carbocycles. The molecule has 372 valence electrons. The van der Waals surface area contributed by atoms with Gasteiger partial charge < -0.3 is 19.2 Å². The van der Waals surface area contributed by atoms with Gasteiger partial charge in [0.15, 0.2) is 5.71 Å². The molecular weight excluding hydrogens is 947 g/mol. The molecule has 17 heteroatoms. The number of carbonyl (C=O) groups is 3. The van der Waals surface area contributed by atoms with Gasteiger partial charge in [0.1, 0.15) is 6.54 Å². The monoisotopic (exact) mass is 1000 g/mol. The van der Waals surface area contributed by atoms with Crippen LogP contribution in [0.15, 0.2) is 126 Å². The third kappa shape index (κ3) is 10.1. The smallest absolute Gasteiger partial charge is 0.363 e. The number of ether oxygens (including phenoxy) is 2. The van der Waals surface area contributed by atoms with Crippen LogP contribution in [-0.2, 0) is 55.0 Å². The van der Waals surface area contributed by atoms with Crippen LogP contribution in [0.1, 0.15) is 86.3 Å². The summed E-state index contributed by atoms with van der Waals surface area (Å²) in [5.74, 6) is -2.54. The molecule has 2 amide bonds. The minimum Gasteiger partial charge on any atom is -0.385 e. The average Bonchev–Trinajstić information content (AvgIpc) is 3.88. The van der Waals surface area contributed by atoms with Gasteiger partial charge in [-0.2, -0.15) is 21.4 Å². The first-order valence-corrected chi connectivity index (χ1v) is 26.6. The second kappa shape index (κ2) is 20.4. The first kappa shape index (κ1) is 51.0. The van der Waals surface area contributed by atoms with Crippen LogP contribution < -0.4 is 4.90 Å². The van der Waals surface area contributed by atoms with E-state index < -0.39 is 54.6 Å². The predicted octanol–water partition coefficient (Wildman–Crippen LogP) is 8.88. The van der Waals surface area contributed by atoms with Gasteiger partial charge in [-0.15, -0.1) is 5.06 Å². The van der Waals surface area contributed by atoms with E-state index in [2.05, 4.69) is 62.1 Å². The fourth-order valence-electron chi connectivity index (χ4n) is 10.4. The molecule has 5 aromatic carbocycles. The number of imide groups is 1. The lowest BCUT2D eigenvalue weighted by Crippen LogP contribution is -2.33. The molecule has 2 atom stereocenters. The van der Waals surface area contributed by atoms with Gasteiger partial charge in [0.05, 0.1) is 21.6 Å². The Bertz CT molecular complexity index is 3290. The molecule has 0 radical (unpaired) electrons. The Kier molecular flexibility index (Phi) is 14.7. The summed E-state index contributed by atoms with van der Waals surface area (Å²) >= 11 is 0. The highest BCUT2D eigenvalue weighted by molar-refractivity contribution is 7.86. The van der Waals surface area contributed by atoms with E-state index >= 15 is 0 Å². The third-order valence-corrected chi connectivity index (χ3v) is 15.5. The van der Waals surface area contributed by atoms with Gasteiger partial charge in [-0.05, 0) is 120 Å². The molecule has 8 rings (SSSR count). The first-order valence-electron chi connectivity index (χ1n) is 23.5. The van der Waals surface area contributed by atoms with E-state index in [0.29, 0.717) is 47.6 Å². The van der Waals surface area contributed by atoms with E-state index in [1.165, 1.54) is 17.7 Å². The van der Waals surface area contributed by atoms with Gasteiger partial charge in [-0.3, -0.25) is 18.7 Å². The summed E-state index contributed by atoms with van der Waals surface area (Å²) in [6.45, 7) is 8.18. The highest BCUT2D eigenvalue weighted by atomic mass is 32.2. The van der Waals surface area contributed by atoms with E-state index in [4.69, 9.17) is 14.3 Å². The number of rotatable bonds is 19. The Labute approximate surface area is 414 Å². The molecule has 3 aliphatic heterocycles. The fourth-order valence-corrected chi connectivity index (χ4v) is 11.4. The van der Waals surface area contributed by atoms with Gasteiger partial charge in [0, 0.05) is 87.7 Å². The van der Waals surface area contributed by atoms with E-state index in [0.717, 1.165) is 57.5 Å². The summed E-state index contributed by atoms with van der Waals surface area (Å²) in [5.41, 5.74) is 5.93. The first-order chi connectivity index (χ1) is 33.8. The Balaban J connectivity index is 1.32. The quantitative estimate of drug-likeness (QED) is 0.0345. The second-order valence-corrected chi connectivity index (χ2v) is 21.5.